The first-order valence-corrected chi connectivity index (χ1v) is 7.89. The number of rotatable bonds is 8. The van der Waals surface area contributed by atoms with E-state index in [4.69, 9.17) is 9.26 Å². The van der Waals surface area contributed by atoms with E-state index < -0.39 is 0 Å². The number of nitrogens with zero attached hydrogens (tertiary/aromatic N) is 2. The van der Waals surface area contributed by atoms with Crippen molar-refractivity contribution in [2.24, 2.45) is 4.99 Å². The lowest BCUT2D eigenvalue weighted by molar-refractivity contribution is 0.391. The number of guanidine groups is 1. The Balaban J connectivity index is 0.00000312. The van der Waals surface area contributed by atoms with Gasteiger partial charge in [0.05, 0.1) is 13.7 Å². The number of nitrogens with one attached hydrogen (secondary N) is 2. The van der Waals surface area contributed by atoms with Crippen LogP contribution in [0.5, 0.6) is 5.75 Å². The van der Waals surface area contributed by atoms with E-state index in [2.05, 4.69) is 39.5 Å². The molecule has 6 nitrogen and oxygen atoms in total. The van der Waals surface area contributed by atoms with Crippen molar-refractivity contribution < 1.29 is 9.26 Å². The second-order valence-corrected chi connectivity index (χ2v) is 5.29. The Hall–Kier alpha value is -2.03. The number of aromatic nitrogens is 1. The summed E-state index contributed by atoms with van der Waals surface area (Å²) < 4.78 is 10.2. The summed E-state index contributed by atoms with van der Waals surface area (Å²) in [6, 6.07) is 9.94. The largest absolute Gasteiger partial charge is 0.497 e. The number of aryl methyl sites for hydroxylation is 1. The van der Waals surface area contributed by atoms with E-state index in [1.807, 2.05) is 25.1 Å². The van der Waals surface area contributed by atoms with E-state index >= 15 is 0 Å². The summed E-state index contributed by atoms with van der Waals surface area (Å²) in [4.78, 5) is 4.51. The second-order valence-electron chi connectivity index (χ2n) is 5.29. The van der Waals surface area contributed by atoms with Gasteiger partial charge in [-0.05, 0) is 31.0 Å². The summed E-state index contributed by atoms with van der Waals surface area (Å²) in [7, 11) is 1.67. The quantitative estimate of drug-likeness (QED) is 0.277. The lowest BCUT2D eigenvalue weighted by Gasteiger charge is -2.11. The Morgan fingerprint density at radius 3 is 2.68 bits per heavy atom. The molecule has 2 aromatic rings. The van der Waals surface area contributed by atoms with Crippen LogP contribution in [0.15, 0.2) is 52.5 Å². The molecule has 0 atom stereocenters. The molecule has 7 heteroatoms. The van der Waals surface area contributed by atoms with Crippen molar-refractivity contribution in [1.29, 1.82) is 0 Å². The van der Waals surface area contributed by atoms with Crippen molar-refractivity contribution in [3.8, 4) is 5.75 Å². The first-order valence-electron chi connectivity index (χ1n) is 7.89. The summed E-state index contributed by atoms with van der Waals surface area (Å²) in [5.41, 5.74) is 2.04. The second kappa shape index (κ2) is 11.5. The molecule has 136 valence electrons. The number of hydrogen-bond acceptors (Lipinski definition) is 4. The third-order valence-corrected chi connectivity index (χ3v) is 3.35. The van der Waals surface area contributed by atoms with Crippen molar-refractivity contribution in [3.05, 3.63) is 60.0 Å². The zero-order valence-corrected chi connectivity index (χ0v) is 16.9. The van der Waals surface area contributed by atoms with E-state index in [0.29, 0.717) is 13.1 Å². The maximum atomic E-state index is 5.16. The molecular weight excluding hydrogens is 431 g/mol. The van der Waals surface area contributed by atoms with Crippen LogP contribution in [0.1, 0.15) is 17.0 Å². The topological polar surface area (TPSA) is 71.7 Å². The average Bonchev–Trinajstić information content (AvgIpc) is 3.02. The van der Waals surface area contributed by atoms with E-state index in [0.717, 1.165) is 36.1 Å². The molecule has 2 N–H and O–H groups in total. The normalized spacial score (nSPS) is 10.7. The van der Waals surface area contributed by atoms with Crippen molar-refractivity contribution in [2.75, 3.05) is 20.2 Å². The van der Waals surface area contributed by atoms with Gasteiger partial charge in [0.25, 0.3) is 0 Å². The standard InChI is InChI=1S/C18H24N4O2.HI/c1-4-10-19-18(21-13-16-12-14(2)24-22-16)20-11-9-15-5-7-17(23-3)8-6-15;/h4-8,12H,1,9-11,13H2,2-3H3,(H2,19,20,21);1H. The van der Waals surface area contributed by atoms with Gasteiger partial charge in [0, 0.05) is 19.2 Å². The number of benzene rings is 1. The molecule has 1 aromatic carbocycles. The molecule has 0 fully saturated rings. The SMILES string of the molecule is C=CCNC(=NCc1cc(C)on1)NCCc1ccc(OC)cc1.I. The number of hydrogen-bond donors (Lipinski definition) is 2. The van der Waals surface area contributed by atoms with Gasteiger partial charge in [-0.2, -0.15) is 0 Å². The summed E-state index contributed by atoms with van der Waals surface area (Å²) in [6.07, 6.45) is 2.68. The van der Waals surface area contributed by atoms with Crippen molar-refractivity contribution >= 4 is 29.9 Å². The van der Waals surface area contributed by atoms with Gasteiger partial charge in [0.2, 0.25) is 0 Å². The van der Waals surface area contributed by atoms with Gasteiger partial charge in [-0.1, -0.05) is 23.4 Å². The van der Waals surface area contributed by atoms with Crippen LogP contribution in [0.25, 0.3) is 0 Å². The Labute approximate surface area is 165 Å². The van der Waals surface area contributed by atoms with E-state index in [9.17, 15) is 0 Å². The number of aliphatic imine (C=N–C) groups is 1. The number of methoxy groups -OCH3 is 1. The molecule has 0 radical (unpaired) electrons. The van der Waals surface area contributed by atoms with Crippen LogP contribution >= 0.6 is 24.0 Å². The molecule has 0 bridgehead atoms. The fourth-order valence-electron chi connectivity index (χ4n) is 2.11. The van der Waals surface area contributed by atoms with Gasteiger partial charge in [0.15, 0.2) is 5.96 Å². The molecule has 0 amide bonds. The highest BCUT2D eigenvalue weighted by atomic mass is 127. The highest BCUT2D eigenvalue weighted by Gasteiger charge is 2.02. The predicted molar refractivity (Wildman–Crippen MR) is 111 cm³/mol. The molecule has 0 saturated heterocycles. The molecule has 0 unspecified atom stereocenters. The summed E-state index contributed by atoms with van der Waals surface area (Å²) in [5.74, 6) is 2.38. The molecule has 1 aromatic heterocycles. The Morgan fingerprint density at radius 1 is 1.32 bits per heavy atom. The molecular formula is C18H25IN4O2. The van der Waals surface area contributed by atoms with E-state index in [1.54, 1.807) is 13.2 Å². The zero-order chi connectivity index (χ0) is 17.2. The summed E-state index contributed by atoms with van der Waals surface area (Å²) >= 11 is 0. The smallest absolute Gasteiger partial charge is 0.191 e. The van der Waals surface area contributed by atoms with Crippen LogP contribution in [0, 0.1) is 6.92 Å². The Bertz CT molecular complexity index is 668. The maximum Gasteiger partial charge on any atom is 0.191 e. The lowest BCUT2D eigenvalue weighted by Crippen LogP contribution is -2.38. The average molecular weight is 456 g/mol. The van der Waals surface area contributed by atoms with Gasteiger partial charge in [-0.25, -0.2) is 4.99 Å². The molecule has 0 aliphatic carbocycles. The molecule has 0 spiro atoms. The van der Waals surface area contributed by atoms with Crippen molar-refractivity contribution in [3.63, 3.8) is 0 Å². The van der Waals surface area contributed by atoms with Gasteiger partial charge in [0.1, 0.15) is 17.2 Å². The third-order valence-electron chi connectivity index (χ3n) is 3.35. The van der Waals surface area contributed by atoms with Crippen LogP contribution in [-0.2, 0) is 13.0 Å². The monoisotopic (exact) mass is 456 g/mol. The fourth-order valence-corrected chi connectivity index (χ4v) is 2.11. The highest BCUT2D eigenvalue weighted by Crippen LogP contribution is 2.11. The predicted octanol–water partition coefficient (Wildman–Crippen LogP) is 3.07. The highest BCUT2D eigenvalue weighted by molar-refractivity contribution is 14.0. The molecule has 0 aliphatic rings. The fraction of sp³-hybridized carbons (Fsp3) is 0.333. The molecule has 0 aliphatic heterocycles. The van der Waals surface area contributed by atoms with E-state index in [1.165, 1.54) is 5.56 Å². The zero-order valence-electron chi connectivity index (χ0n) is 14.6. The minimum absolute atomic E-state index is 0. The first-order chi connectivity index (χ1) is 11.7. The van der Waals surface area contributed by atoms with Crippen molar-refractivity contribution in [2.45, 2.75) is 19.9 Å². The van der Waals surface area contributed by atoms with Gasteiger partial charge >= 0.3 is 0 Å². The molecule has 25 heavy (non-hydrogen) atoms. The van der Waals surface area contributed by atoms with Gasteiger partial charge in [-0.15, -0.1) is 30.6 Å². The van der Waals surface area contributed by atoms with Gasteiger partial charge in [-0.3, -0.25) is 0 Å². The molecule has 0 saturated carbocycles. The van der Waals surface area contributed by atoms with Crippen molar-refractivity contribution in [1.82, 2.24) is 15.8 Å². The third kappa shape index (κ3) is 7.59. The van der Waals surface area contributed by atoms with Crippen LogP contribution in [0.2, 0.25) is 0 Å². The minimum atomic E-state index is 0. The minimum Gasteiger partial charge on any atom is -0.497 e. The molecule has 1 heterocycles. The van der Waals surface area contributed by atoms with Crippen LogP contribution in [0.4, 0.5) is 0 Å². The summed E-state index contributed by atoms with van der Waals surface area (Å²) in [5, 5.41) is 10.4. The first kappa shape index (κ1) is 21.0. The number of ether oxygens (including phenoxy) is 1. The van der Waals surface area contributed by atoms with Gasteiger partial charge < -0.3 is 19.9 Å². The summed E-state index contributed by atoms with van der Waals surface area (Å²) in [6.45, 7) is 7.46. The molecule has 2 rings (SSSR count). The van der Waals surface area contributed by atoms with Crippen LogP contribution < -0.4 is 15.4 Å². The van der Waals surface area contributed by atoms with E-state index in [-0.39, 0.29) is 24.0 Å². The van der Waals surface area contributed by atoms with Crippen LogP contribution in [-0.4, -0.2) is 31.3 Å². The maximum absolute atomic E-state index is 5.16. The lowest BCUT2D eigenvalue weighted by atomic mass is 10.1. The Morgan fingerprint density at radius 2 is 2.08 bits per heavy atom. The Kier molecular flexibility index (Phi) is 9.68. The van der Waals surface area contributed by atoms with Crippen LogP contribution in [0.3, 0.4) is 0 Å². The number of halogens is 1.